The van der Waals surface area contributed by atoms with Gasteiger partial charge in [-0.25, -0.2) is 0 Å². The van der Waals surface area contributed by atoms with Crippen molar-refractivity contribution in [2.75, 3.05) is 9.80 Å². The predicted molar refractivity (Wildman–Crippen MR) is 298 cm³/mol. The van der Waals surface area contributed by atoms with E-state index in [0.717, 1.165) is 34.6 Å². The number of thiophene rings is 1. The lowest BCUT2D eigenvalue weighted by Gasteiger charge is -2.45. The summed E-state index contributed by atoms with van der Waals surface area (Å²) in [6.45, 7) is 23.1. The fraction of sp³-hybridized carbons (Fsp3) is 0.238. The van der Waals surface area contributed by atoms with Crippen molar-refractivity contribution in [1.29, 1.82) is 0 Å². The summed E-state index contributed by atoms with van der Waals surface area (Å²) in [5.41, 5.74) is 21.1. The number of hydrogen-bond donors (Lipinski definition) is 0. The molecule has 0 bridgehead atoms. The van der Waals surface area contributed by atoms with Crippen molar-refractivity contribution in [3.05, 3.63) is 180 Å². The number of benzene rings is 7. The van der Waals surface area contributed by atoms with E-state index in [1.807, 2.05) is 11.3 Å². The Balaban J connectivity index is 1.11. The van der Waals surface area contributed by atoms with Gasteiger partial charge in [-0.15, -0.1) is 11.3 Å². The van der Waals surface area contributed by atoms with E-state index in [0.29, 0.717) is 0 Å². The van der Waals surface area contributed by atoms with Crippen molar-refractivity contribution < 1.29 is 4.42 Å². The zero-order valence-electron chi connectivity index (χ0n) is 41.5. The van der Waals surface area contributed by atoms with Gasteiger partial charge in [0.05, 0.1) is 15.9 Å². The van der Waals surface area contributed by atoms with Crippen LogP contribution < -0.4 is 20.7 Å². The molecule has 3 aromatic heterocycles. The van der Waals surface area contributed by atoms with Gasteiger partial charge in [-0.3, -0.25) is 0 Å². The summed E-state index contributed by atoms with van der Waals surface area (Å²) < 4.78 is 12.1. The summed E-state index contributed by atoms with van der Waals surface area (Å²) >= 11 is 1.94. The number of allylic oxidation sites excluding steroid dienone is 3. The summed E-state index contributed by atoms with van der Waals surface area (Å²) in [6, 6.07) is 55.5. The standard InChI is InChI=1S/C63H58BN3OS/c1-37-33-52-56-53(34-37)67-57-47(59-58(67)46-15-11-12-20-54(46)68-59)17-13-18-49(57)64(56)48-32-30-43(65(41-26-21-38(22-27-41)61(2,3)4)42-28-23-39(24-29-42)62(5,6)7)36-51(48)66(52)50-19-14-16-45-44-31-25-40(63(8,9)10)35-55(44)69-60(45)50/h11-33,35-37H,34H2,1-10H3. The summed E-state index contributed by atoms with van der Waals surface area (Å²) in [5.74, 6) is 0.290. The second kappa shape index (κ2) is 14.6. The van der Waals surface area contributed by atoms with Gasteiger partial charge in [0.25, 0.3) is 6.71 Å². The Hall–Kier alpha value is -6.76. The smallest absolute Gasteiger partial charge is 0.251 e. The molecule has 1 unspecified atom stereocenters. The van der Waals surface area contributed by atoms with Crippen LogP contribution in [-0.2, 0) is 16.2 Å². The van der Waals surface area contributed by atoms with Crippen LogP contribution >= 0.6 is 11.3 Å². The van der Waals surface area contributed by atoms with Gasteiger partial charge in [0, 0.05) is 60.4 Å². The Morgan fingerprint density at radius 2 is 1.19 bits per heavy atom. The molecule has 3 aliphatic rings. The molecule has 0 amide bonds. The lowest BCUT2D eigenvalue weighted by Crippen LogP contribution is -2.55. The minimum atomic E-state index is 0.0297. The van der Waals surface area contributed by atoms with E-state index in [4.69, 9.17) is 4.42 Å². The van der Waals surface area contributed by atoms with E-state index < -0.39 is 0 Å². The first-order valence-electron chi connectivity index (χ1n) is 24.8. The van der Waals surface area contributed by atoms with Crippen molar-refractivity contribution in [2.24, 2.45) is 5.92 Å². The maximum Gasteiger partial charge on any atom is 0.251 e. The third-order valence-corrected chi connectivity index (χ3v) is 16.6. The molecule has 7 aromatic carbocycles. The van der Waals surface area contributed by atoms with Gasteiger partial charge in [0.2, 0.25) is 0 Å². The fourth-order valence-electron chi connectivity index (χ4n) is 11.8. The van der Waals surface area contributed by atoms with E-state index in [-0.39, 0.29) is 28.9 Å². The SMILES string of the molecule is CC1C=C2C3=C(C1)n1c4c(cccc4c4oc5ccccc5c41)B3c1ccc(N(c3ccc(C(C)(C)C)cc3)c3ccc(C(C)(C)C)cc3)cc1N2c1cccc2c1sc1cc(C(C)(C)C)ccc12. The molecule has 13 rings (SSSR count). The molecule has 0 fully saturated rings. The van der Waals surface area contributed by atoms with E-state index in [1.165, 1.54) is 97.8 Å². The molecule has 0 spiro atoms. The Bertz CT molecular complexity index is 3780. The first-order chi connectivity index (χ1) is 33.0. The minimum absolute atomic E-state index is 0.0297. The van der Waals surface area contributed by atoms with Gasteiger partial charge in [-0.05, 0) is 128 Å². The monoisotopic (exact) mass is 915 g/mol. The third-order valence-electron chi connectivity index (χ3n) is 15.4. The maximum atomic E-state index is 6.82. The minimum Gasteiger partial charge on any atom is -0.454 e. The first kappa shape index (κ1) is 42.4. The van der Waals surface area contributed by atoms with Gasteiger partial charge < -0.3 is 18.8 Å². The van der Waals surface area contributed by atoms with Gasteiger partial charge >= 0.3 is 0 Å². The van der Waals surface area contributed by atoms with Gasteiger partial charge in [-0.1, -0.05) is 154 Å². The average molecular weight is 916 g/mol. The zero-order chi connectivity index (χ0) is 47.5. The summed E-state index contributed by atoms with van der Waals surface area (Å²) in [5, 5.41) is 4.97. The molecular formula is C63H58BN3OS. The summed E-state index contributed by atoms with van der Waals surface area (Å²) in [7, 11) is 0. The van der Waals surface area contributed by atoms with Crippen molar-refractivity contribution >= 4 is 116 Å². The molecule has 10 aromatic rings. The highest BCUT2D eigenvalue weighted by Gasteiger charge is 2.46. The first-order valence-corrected chi connectivity index (χ1v) is 25.7. The van der Waals surface area contributed by atoms with Crippen LogP contribution in [0.5, 0.6) is 0 Å². The molecule has 0 saturated carbocycles. The van der Waals surface area contributed by atoms with Crippen molar-refractivity contribution in [1.82, 2.24) is 4.57 Å². The molecule has 1 atom stereocenters. The van der Waals surface area contributed by atoms with Crippen LogP contribution in [0.15, 0.2) is 167 Å². The molecule has 0 radical (unpaired) electrons. The lowest BCUT2D eigenvalue weighted by atomic mass is 9.32. The molecule has 0 saturated heterocycles. The second-order valence-corrected chi connectivity index (χ2v) is 24.2. The van der Waals surface area contributed by atoms with Gasteiger partial charge in [0.1, 0.15) is 11.1 Å². The van der Waals surface area contributed by atoms with Crippen molar-refractivity contribution in [3.63, 3.8) is 0 Å². The van der Waals surface area contributed by atoms with E-state index >= 15 is 0 Å². The number of anilines is 5. The molecule has 6 heteroatoms. The van der Waals surface area contributed by atoms with Crippen molar-refractivity contribution in [3.8, 4) is 0 Å². The quantitative estimate of drug-likeness (QED) is 0.164. The highest BCUT2D eigenvalue weighted by atomic mass is 32.1. The Morgan fingerprint density at radius 1 is 0.565 bits per heavy atom. The molecular weight excluding hydrogens is 858 g/mol. The largest absolute Gasteiger partial charge is 0.454 e. The molecule has 340 valence electrons. The summed E-state index contributed by atoms with van der Waals surface area (Å²) in [6.07, 6.45) is 3.52. The van der Waals surface area contributed by atoms with Crippen LogP contribution in [0, 0.1) is 5.92 Å². The van der Waals surface area contributed by atoms with Crippen molar-refractivity contribution in [2.45, 2.75) is 91.9 Å². The number of nitrogens with zero attached hydrogens (tertiary/aromatic N) is 3. The van der Waals surface area contributed by atoms with Crippen LogP contribution in [0.2, 0.25) is 0 Å². The lowest BCUT2D eigenvalue weighted by molar-refractivity contribution is 0.590. The number of fused-ring (bicyclic) bond motifs is 12. The molecule has 5 heterocycles. The number of para-hydroxylation sites is 2. The predicted octanol–water partition coefficient (Wildman–Crippen LogP) is 16.7. The topological polar surface area (TPSA) is 24.6 Å². The maximum absolute atomic E-state index is 6.82. The van der Waals surface area contributed by atoms with Crippen LogP contribution in [0.4, 0.5) is 28.4 Å². The Labute approximate surface area is 410 Å². The Morgan fingerprint density at radius 3 is 1.88 bits per heavy atom. The van der Waals surface area contributed by atoms with Gasteiger partial charge in [-0.2, -0.15) is 0 Å². The van der Waals surface area contributed by atoms with E-state index in [2.05, 4.69) is 235 Å². The number of furan rings is 1. The highest BCUT2D eigenvalue weighted by Crippen LogP contribution is 2.53. The average Bonchev–Trinajstić information content (AvgIpc) is 3.99. The Kier molecular flexibility index (Phi) is 8.98. The molecule has 1 aliphatic carbocycles. The third kappa shape index (κ3) is 6.33. The molecule has 69 heavy (non-hydrogen) atoms. The summed E-state index contributed by atoms with van der Waals surface area (Å²) in [4.78, 5) is 5.12. The molecule has 0 N–H and O–H groups in total. The van der Waals surface area contributed by atoms with Crippen LogP contribution in [0.3, 0.4) is 0 Å². The van der Waals surface area contributed by atoms with Gasteiger partial charge in [0.15, 0.2) is 5.58 Å². The van der Waals surface area contributed by atoms with E-state index in [1.54, 1.807) is 0 Å². The second-order valence-electron chi connectivity index (χ2n) is 23.1. The number of rotatable bonds is 4. The van der Waals surface area contributed by atoms with E-state index in [9.17, 15) is 0 Å². The highest BCUT2D eigenvalue weighted by molar-refractivity contribution is 7.26. The van der Waals surface area contributed by atoms with Crippen LogP contribution in [0.1, 0.15) is 92.3 Å². The number of aromatic nitrogens is 1. The van der Waals surface area contributed by atoms with Crippen LogP contribution in [-0.4, -0.2) is 11.3 Å². The fourth-order valence-corrected chi connectivity index (χ4v) is 13.1. The van der Waals surface area contributed by atoms with Crippen LogP contribution in [0.25, 0.3) is 58.8 Å². The molecule has 2 aliphatic heterocycles. The number of hydrogen-bond acceptors (Lipinski definition) is 4. The normalized spacial score (nSPS) is 16.0. The molecule has 4 nitrogen and oxygen atoms in total. The zero-order valence-corrected chi connectivity index (χ0v) is 42.3.